The lowest BCUT2D eigenvalue weighted by atomic mass is 9.49. The van der Waals surface area contributed by atoms with E-state index in [-0.39, 0.29) is 29.7 Å². The van der Waals surface area contributed by atoms with Gasteiger partial charge in [-0.2, -0.15) is 0 Å². The Hall–Kier alpha value is -1.59. The molecule has 0 heterocycles. The molecule has 4 bridgehead atoms. The van der Waals surface area contributed by atoms with Crippen LogP contribution >= 0.6 is 0 Å². The second-order valence-electron chi connectivity index (χ2n) is 9.14. The number of rotatable bonds is 7. The molecule has 4 rings (SSSR count). The number of likely N-dealkylation sites (N-methyl/N-ethyl adjacent to an activating group) is 1. The van der Waals surface area contributed by atoms with Crippen molar-refractivity contribution in [1.29, 1.82) is 0 Å². The highest BCUT2D eigenvalue weighted by Gasteiger charge is 2.55. The first kappa shape index (κ1) is 19.2. The summed E-state index contributed by atoms with van der Waals surface area (Å²) in [6.45, 7) is 5.56. The fraction of sp³-hybridized carbons (Fsp3) is 0.850. The van der Waals surface area contributed by atoms with E-state index in [0.29, 0.717) is 24.3 Å². The molecule has 0 saturated heterocycles. The highest BCUT2D eigenvalue weighted by molar-refractivity contribution is 5.91. The van der Waals surface area contributed by atoms with E-state index >= 15 is 0 Å². The number of hydrogen-bond acceptors (Lipinski definition) is 3. The maximum atomic E-state index is 13.3. The molecule has 0 aliphatic heterocycles. The van der Waals surface area contributed by atoms with Gasteiger partial charge in [-0.3, -0.25) is 14.4 Å². The zero-order chi connectivity index (χ0) is 19.1. The molecule has 1 atom stereocenters. The van der Waals surface area contributed by atoms with Crippen LogP contribution in [0, 0.1) is 29.1 Å². The number of amides is 2. The van der Waals surface area contributed by atoms with Crippen molar-refractivity contribution in [2.75, 3.05) is 13.1 Å². The molecule has 4 saturated carbocycles. The molecule has 0 aromatic rings. The van der Waals surface area contributed by atoms with Crippen molar-refractivity contribution >= 4 is 17.8 Å². The number of carboxylic acid groups (broad SMARTS) is 1. The van der Waals surface area contributed by atoms with Gasteiger partial charge in [0.15, 0.2) is 0 Å². The Bertz CT molecular complexity index is 551. The van der Waals surface area contributed by atoms with Crippen molar-refractivity contribution in [1.82, 2.24) is 10.2 Å². The molecule has 6 nitrogen and oxygen atoms in total. The Balaban J connectivity index is 1.72. The van der Waals surface area contributed by atoms with E-state index in [1.54, 1.807) is 6.92 Å². The van der Waals surface area contributed by atoms with E-state index in [1.165, 1.54) is 24.2 Å². The fourth-order valence-electron chi connectivity index (χ4n) is 5.90. The number of nitrogens with one attached hydrogen (secondary N) is 1. The Morgan fingerprint density at radius 1 is 1.08 bits per heavy atom. The van der Waals surface area contributed by atoms with Crippen LogP contribution in [0.1, 0.15) is 59.3 Å². The largest absolute Gasteiger partial charge is 0.480 e. The van der Waals surface area contributed by atoms with E-state index in [2.05, 4.69) is 5.32 Å². The van der Waals surface area contributed by atoms with Crippen molar-refractivity contribution in [3.63, 3.8) is 0 Å². The summed E-state index contributed by atoms with van der Waals surface area (Å²) in [7, 11) is 0. The third-order valence-corrected chi connectivity index (χ3v) is 6.76. The summed E-state index contributed by atoms with van der Waals surface area (Å²) in [5.41, 5.74) is -0.300. The van der Waals surface area contributed by atoms with Crippen molar-refractivity contribution in [3.05, 3.63) is 0 Å². The molecule has 146 valence electrons. The van der Waals surface area contributed by atoms with Gasteiger partial charge in [0.05, 0.1) is 0 Å². The zero-order valence-electron chi connectivity index (χ0n) is 16.2. The highest BCUT2D eigenvalue weighted by atomic mass is 16.4. The van der Waals surface area contributed by atoms with Gasteiger partial charge in [0, 0.05) is 12.0 Å². The summed E-state index contributed by atoms with van der Waals surface area (Å²) in [5, 5.41) is 12.1. The average molecular weight is 364 g/mol. The van der Waals surface area contributed by atoms with Gasteiger partial charge in [0.25, 0.3) is 0 Å². The van der Waals surface area contributed by atoms with Crippen molar-refractivity contribution < 1.29 is 19.5 Å². The van der Waals surface area contributed by atoms with Crippen LogP contribution in [0.2, 0.25) is 0 Å². The summed E-state index contributed by atoms with van der Waals surface area (Å²) in [6.07, 6.45) is 6.66. The standard InChI is InChI=1S/C20H32N2O4/c1-4-22(11-16(23)24)18(25)17(12(2)3)21-19(26)20-8-13-5-14(9-20)7-15(6-13)10-20/h12-15,17H,4-11H2,1-3H3,(H,21,26)(H,23,24). The van der Waals surface area contributed by atoms with Gasteiger partial charge in [-0.1, -0.05) is 13.8 Å². The van der Waals surface area contributed by atoms with Crippen LogP contribution in [0.3, 0.4) is 0 Å². The first-order valence-corrected chi connectivity index (χ1v) is 10.1. The Labute approximate surface area is 155 Å². The van der Waals surface area contributed by atoms with Gasteiger partial charge in [-0.15, -0.1) is 0 Å². The molecule has 26 heavy (non-hydrogen) atoms. The summed E-state index contributed by atoms with van der Waals surface area (Å²) in [4.78, 5) is 38.5. The molecule has 4 aliphatic carbocycles. The fourth-order valence-corrected chi connectivity index (χ4v) is 5.90. The third-order valence-electron chi connectivity index (χ3n) is 6.76. The second-order valence-corrected chi connectivity index (χ2v) is 9.14. The van der Waals surface area contributed by atoms with Crippen LogP contribution in [-0.4, -0.2) is 46.9 Å². The summed E-state index contributed by atoms with van der Waals surface area (Å²) >= 11 is 0. The van der Waals surface area contributed by atoms with Crippen LogP contribution in [0.5, 0.6) is 0 Å². The maximum absolute atomic E-state index is 13.3. The number of carboxylic acids is 1. The smallest absolute Gasteiger partial charge is 0.323 e. The number of hydrogen-bond donors (Lipinski definition) is 2. The molecule has 2 amide bonds. The number of aliphatic carboxylic acids is 1. The number of nitrogens with zero attached hydrogens (tertiary/aromatic N) is 1. The van der Waals surface area contributed by atoms with E-state index in [0.717, 1.165) is 19.3 Å². The monoisotopic (exact) mass is 364 g/mol. The van der Waals surface area contributed by atoms with Gasteiger partial charge < -0.3 is 15.3 Å². The molecule has 6 heteroatoms. The van der Waals surface area contributed by atoms with E-state index in [9.17, 15) is 14.4 Å². The first-order valence-electron chi connectivity index (χ1n) is 10.1. The third kappa shape index (κ3) is 3.60. The van der Waals surface area contributed by atoms with Crippen LogP contribution in [0.4, 0.5) is 0 Å². The lowest BCUT2D eigenvalue weighted by Crippen LogP contribution is -2.59. The van der Waals surface area contributed by atoms with Crippen molar-refractivity contribution in [2.45, 2.75) is 65.3 Å². The lowest BCUT2D eigenvalue weighted by molar-refractivity contribution is -0.151. The lowest BCUT2D eigenvalue weighted by Gasteiger charge is -2.56. The molecule has 0 aromatic carbocycles. The van der Waals surface area contributed by atoms with Gasteiger partial charge in [0.2, 0.25) is 11.8 Å². The van der Waals surface area contributed by atoms with Crippen molar-refractivity contribution in [2.24, 2.45) is 29.1 Å². The molecule has 2 N–H and O–H groups in total. The SMILES string of the molecule is CCN(CC(=O)O)C(=O)C(NC(=O)C12CC3CC(CC(C3)C1)C2)C(C)C. The minimum atomic E-state index is -1.03. The number of carbonyl (C=O) groups is 3. The summed E-state index contributed by atoms with van der Waals surface area (Å²) < 4.78 is 0. The van der Waals surface area contributed by atoms with E-state index in [1.807, 2.05) is 13.8 Å². The molecular weight excluding hydrogens is 332 g/mol. The molecule has 0 radical (unpaired) electrons. The topological polar surface area (TPSA) is 86.7 Å². The quantitative estimate of drug-likeness (QED) is 0.725. The van der Waals surface area contributed by atoms with Gasteiger partial charge in [-0.25, -0.2) is 0 Å². The second kappa shape index (κ2) is 7.20. The minimum Gasteiger partial charge on any atom is -0.480 e. The van der Waals surface area contributed by atoms with Crippen molar-refractivity contribution in [3.8, 4) is 0 Å². The van der Waals surface area contributed by atoms with Crippen LogP contribution in [0.15, 0.2) is 0 Å². The normalized spacial score (nSPS) is 33.2. The summed E-state index contributed by atoms with van der Waals surface area (Å²) in [5.74, 6) is 0.620. The predicted molar refractivity (Wildman–Crippen MR) is 97.3 cm³/mol. The van der Waals surface area contributed by atoms with Crippen LogP contribution in [0.25, 0.3) is 0 Å². The zero-order valence-corrected chi connectivity index (χ0v) is 16.2. The van der Waals surface area contributed by atoms with Crippen LogP contribution < -0.4 is 5.32 Å². The Morgan fingerprint density at radius 3 is 1.96 bits per heavy atom. The maximum Gasteiger partial charge on any atom is 0.323 e. The Kier molecular flexibility index (Phi) is 5.31. The molecule has 4 fully saturated rings. The summed E-state index contributed by atoms with van der Waals surface area (Å²) in [6, 6.07) is -0.658. The average Bonchev–Trinajstić information content (AvgIpc) is 2.55. The minimum absolute atomic E-state index is 0.0232. The van der Waals surface area contributed by atoms with E-state index < -0.39 is 12.0 Å². The van der Waals surface area contributed by atoms with Gasteiger partial charge >= 0.3 is 5.97 Å². The van der Waals surface area contributed by atoms with Gasteiger partial charge in [0.1, 0.15) is 12.6 Å². The Morgan fingerprint density at radius 2 is 1.58 bits per heavy atom. The molecule has 1 unspecified atom stereocenters. The molecule has 0 spiro atoms. The van der Waals surface area contributed by atoms with E-state index in [4.69, 9.17) is 5.11 Å². The number of carbonyl (C=O) groups excluding carboxylic acids is 2. The molecular formula is C20H32N2O4. The van der Waals surface area contributed by atoms with Crippen LogP contribution in [-0.2, 0) is 14.4 Å². The predicted octanol–water partition coefficient (Wildman–Crippen LogP) is 2.28. The first-order chi connectivity index (χ1) is 12.2. The van der Waals surface area contributed by atoms with Gasteiger partial charge in [-0.05, 0) is 69.1 Å². The highest BCUT2D eigenvalue weighted by Crippen LogP contribution is 2.60. The molecule has 4 aliphatic rings. The molecule has 0 aromatic heterocycles.